The van der Waals surface area contributed by atoms with Crippen LogP contribution in [0.4, 0.5) is 0 Å². The summed E-state index contributed by atoms with van der Waals surface area (Å²) in [6.07, 6.45) is 33.1. The van der Waals surface area contributed by atoms with Crippen molar-refractivity contribution in [3.05, 3.63) is 0 Å². The highest BCUT2D eigenvalue weighted by Crippen LogP contribution is 2.29. The third-order valence-corrected chi connectivity index (χ3v) is 11.3. The van der Waals surface area contributed by atoms with E-state index in [0.717, 1.165) is 141 Å². The Morgan fingerprint density at radius 3 is 1.11 bits per heavy atom. The molecule has 0 fully saturated rings. The predicted octanol–water partition coefficient (Wildman–Crippen LogP) is 13.6. The number of hydrogen-bond donors (Lipinski definition) is 1. The van der Waals surface area contributed by atoms with E-state index in [1.807, 2.05) is 0 Å². The molecule has 53 heavy (non-hydrogen) atoms. The summed E-state index contributed by atoms with van der Waals surface area (Å²) in [4.78, 5) is 28.3. The Morgan fingerprint density at radius 2 is 0.774 bits per heavy atom. The molecule has 0 radical (unpaired) electrons. The lowest BCUT2D eigenvalue weighted by Crippen LogP contribution is -2.30. The van der Waals surface area contributed by atoms with E-state index in [0.29, 0.717) is 13.2 Å². The van der Waals surface area contributed by atoms with E-state index >= 15 is 0 Å². The largest absolute Gasteiger partial charge is 0.465 e. The topological polar surface area (TPSA) is 76.1 Å². The Balaban J connectivity index is 4.75. The number of hydrogen-bond acceptors (Lipinski definition) is 6. The zero-order valence-electron chi connectivity index (χ0n) is 36.6. The molecule has 316 valence electrons. The van der Waals surface area contributed by atoms with Gasteiger partial charge in [-0.05, 0) is 103 Å². The van der Waals surface area contributed by atoms with Crippen molar-refractivity contribution in [1.29, 1.82) is 0 Å². The number of carbonyl (C=O) groups excluding carboxylic acids is 2. The third-order valence-electron chi connectivity index (χ3n) is 11.3. The second-order valence-electron chi connectivity index (χ2n) is 16.6. The standard InChI is InChI=1S/C47H93NO5/c1-7-13-21-31-43(32-22-14-8-2)45(49)52-41-29-19-17-25-35-47(51,37-27-28-40-48(38-11-5)39-12-6)36-26-18-20-30-42-53-46(50)44(33-23-15-9-3)34-24-16-10-4/h43-44,51H,7-42H2,1-6H3. The maximum absolute atomic E-state index is 12.8. The zero-order chi connectivity index (χ0) is 39.3. The number of ether oxygens (including phenoxy) is 2. The molecule has 0 spiro atoms. The Hall–Kier alpha value is -1.14. The average molecular weight is 752 g/mol. The van der Waals surface area contributed by atoms with Gasteiger partial charge in [0.2, 0.25) is 0 Å². The molecule has 0 rings (SSSR count). The number of esters is 2. The van der Waals surface area contributed by atoms with Crippen molar-refractivity contribution in [2.24, 2.45) is 11.8 Å². The summed E-state index contributed by atoms with van der Waals surface area (Å²) < 4.78 is 11.5. The lowest BCUT2D eigenvalue weighted by Gasteiger charge is -2.29. The van der Waals surface area contributed by atoms with Gasteiger partial charge in [-0.1, -0.05) is 157 Å². The van der Waals surface area contributed by atoms with Gasteiger partial charge in [-0.15, -0.1) is 0 Å². The fourth-order valence-electron chi connectivity index (χ4n) is 7.86. The van der Waals surface area contributed by atoms with E-state index in [4.69, 9.17) is 9.47 Å². The van der Waals surface area contributed by atoms with Gasteiger partial charge < -0.3 is 19.5 Å². The Bertz CT molecular complexity index is 728. The summed E-state index contributed by atoms with van der Waals surface area (Å²) >= 11 is 0. The Kier molecular flexibility index (Phi) is 37.0. The predicted molar refractivity (Wildman–Crippen MR) is 227 cm³/mol. The molecule has 0 aliphatic heterocycles. The van der Waals surface area contributed by atoms with Crippen molar-refractivity contribution in [3.63, 3.8) is 0 Å². The van der Waals surface area contributed by atoms with Crippen LogP contribution >= 0.6 is 0 Å². The van der Waals surface area contributed by atoms with Crippen molar-refractivity contribution in [2.75, 3.05) is 32.8 Å². The highest BCUT2D eigenvalue weighted by Gasteiger charge is 2.26. The summed E-state index contributed by atoms with van der Waals surface area (Å²) in [6, 6.07) is 0. The minimum absolute atomic E-state index is 0.0233. The summed E-state index contributed by atoms with van der Waals surface area (Å²) in [5.41, 5.74) is -0.603. The second kappa shape index (κ2) is 37.8. The summed E-state index contributed by atoms with van der Waals surface area (Å²) in [7, 11) is 0. The smallest absolute Gasteiger partial charge is 0.308 e. The van der Waals surface area contributed by atoms with Crippen LogP contribution in [0.2, 0.25) is 0 Å². The fraction of sp³-hybridized carbons (Fsp3) is 0.957. The van der Waals surface area contributed by atoms with E-state index < -0.39 is 5.60 Å². The van der Waals surface area contributed by atoms with Crippen LogP contribution in [0.1, 0.15) is 241 Å². The molecular formula is C47H93NO5. The van der Waals surface area contributed by atoms with Gasteiger partial charge in [0, 0.05) is 0 Å². The van der Waals surface area contributed by atoms with Gasteiger partial charge >= 0.3 is 11.9 Å². The first-order valence-electron chi connectivity index (χ1n) is 23.6. The van der Waals surface area contributed by atoms with Gasteiger partial charge in [0.1, 0.15) is 0 Å². The van der Waals surface area contributed by atoms with E-state index in [9.17, 15) is 14.7 Å². The van der Waals surface area contributed by atoms with Gasteiger partial charge in [0.15, 0.2) is 0 Å². The Labute approximate surface area is 331 Å². The summed E-state index contributed by atoms with van der Waals surface area (Å²) in [6.45, 7) is 17.9. The highest BCUT2D eigenvalue weighted by molar-refractivity contribution is 5.72. The van der Waals surface area contributed by atoms with Gasteiger partial charge in [0.25, 0.3) is 0 Å². The monoisotopic (exact) mass is 752 g/mol. The van der Waals surface area contributed by atoms with E-state index in [2.05, 4.69) is 46.4 Å². The molecule has 0 heterocycles. The maximum Gasteiger partial charge on any atom is 0.308 e. The van der Waals surface area contributed by atoms with Gasteiger partial charge in [-0.25, -0.2) is 0 Å². The number of nitrogens with zero attached hydrogens (tertiary/aromatic N) is 1. The maximum atomic E-state index is 12.8. The lowest BCUT2D eigenvalue weighted by atomic mass is 9.85. The molecule has 0 bridgehead atoms. The van der Waals surface area contributed by atoms with Crippen LogP contribution in [0.25, 0.3) is 0 Å². The first kappa shape index (κ1) is 51.9. The first-order chi connectivity index (χ1) is 25.8. The minimum Gasteiger partial charge on any atom is -0.465 e. The Morgan fingerprint density at radius 1 is 0.434 bits per heavy atom. The molecule has 0 aliphatic carbocycles. The normalized spacial score (nSPS) is 12.0. The molecule has 0 unspecified atom stereocenters. The van der Waals surface area contributed by atoms with Crippen molar-refractivity contribution in [3.8, 4) is 0 Å². The van der Waals surface area contributed by atoms with Crippen LogP contribution in [0.15, 0.2) is 0 Å². The van der Waals surface area contributed by atoms with Crippen LogP contribution in [0.3, 0.4) is 0 Å². The number of rotatable bonds is 41. The SMILES string of the molecule is CCCCCC(CCCCC)C(=O)OCCCCCCC(O)(CCCCCCOC(=O)C(CCCCC)CCCCC)CCCCN(CCC)CCC. The van der Waals surface area contributed by atoms with E-state index in [1.165, 1.54) is 77.3 Å². The van der Waals surface area contributed by atoms with Crippen molar-refractivity contribution >= 4 is 11.9 Å². The van der Waals surface area contributed by atoms with Crippen molar-refractivity contribution in [2.45, 2.75) is 246 Å². The van der Waals surface area contributed by atoms with Crippen LogP contribution in [-0.4, -0.2) is 60.4 Å². The molecule has 0 atom stereocenters. The van der Waals surface area contributed by atoms with Crippen LogP contribution in [0, 0.1) is 11.8 Å². The molecule has 0 aliphatic rings. The molecule has 1 N–H and O–H groups in total. The van der Waals surface area contributed by atoms with Gasteiger partial charge in [0.05, 0.1) is 30.7 Å². The molecule has 0 aromatic heterocycles. The van der Waals surface area contributed by atoms with Crippen molar-refractivity contribution in [1.82, 2.24) is 4.90 Å². The van der Waals surface area contributed by atoms with E-state index in [-0.39, 0.29) is 23.8 Å². The van der Waals surface area contributed by atoms with Crippen LogP contribution < -0.4 is 0 Å². The van der Waals surface area contributed by atoms with Crippen LogP contribution in [-0.2, 0) is 19.1 Å². The second-order valence-corrected chi connectivity index (χ2v) is 16.6. The molecule has 0 amide bonds. The minimum atomic E-state index is -0.603. The quantitative estimate of drug-likeness (QED) is 0.0495. The number of aliphatic hydroxyl groups is 1. The molecule has 0 saturated carbocycles. The number of carbonyl (C=O) groups is 2. The van der Waals surface area contributed by atoms with E-state index in [1.54, 1.807) is 0 Å². The van der Waals surface area contributed by atoms with Crippen LogP contribution in [0.5, 0.6) is 0 Å². The highest BCUT2D eigenvalue weighted by atomic mass is 16.5. The molecular weight excluding hydrogens is 659 g/mol. The third kappa shape index (κ3) is 30.7. The fourth-order valence-corrected chi connectivity index (χ4v) is 7.86. The molecule has 0 aromatic carbocycles. The molecule has 0 aromatic rings. The molecule has 0 saturated heterocycles. The summed E-state index contributed by atoms with van der Waals surface area (Å²) in [5, 5.41) is 11.9. The van der Waals surface area contributed by atoms with Crippen molar-refractivity contribution < 1.29 is 24.2 Å². The zero-order valence-corrected chi connectivity index (χ0v) is 36.6. The first-order valence-corrected chi connectivity index (χ1v) is 23.6. The van der Waals surface area contributed by atoms with Gasteiger partial charge in [-0.3, -0.25) is 9.59 Å². The molecule has 6 heteroatoms. The summed E-state index contributed by atoms with van der Waals surface area (Å²) in [5.74, 6) is 0.190. The average Bonchev–Trinajstić information content (AvgIpc) is 3.14. The number of unbranched alkanes of at least 4 members (excludes halogenated alkanes) is 15. The van der Waals surface area contributed by atoms with Gasteiger partial charge in [-0.2, -0.15) is 0 Å². The molecule has 6 nitrogen and oxygen atoms in total. The lowest BCUT2D eigenvalue weighted by molar-refractivity contribution is -0.150.